The third-order valence-corrected chi connectivity index (χ3v) is 4.29. The van der Waals surface area contributed by atoms with Gasteiger partial charge in [0, 0.05) is 30.2 Å². The first-order chi connectivity index (χ1) is 10.6. The number of nitrogen functional groups attached to an aromatic ring is 1. The molecule has 0 radical (unpaired) electrons. The number of nitrogens with one attached hydrogen (secondary N) is 1. The average Bonchev–Trinajstić information content (AvgIpc) is 2.78. The van der Waals surface area contributed by atoms with Gasteiger partial charge in [-0.15, -0.1) is 0 Å². The van der Waals surface area contributed by atoms with E-state index in [0.717, 1.165) is 30.2 Å². The highest BCUT2D eigenvalue weighted by Gasteiger charge is 2.24. The number of nitrogens with zero attached hydrogens (tertiary/aromatic N) is 4. The highest BCUT2D eigenvalue weighted by molar-refractivity contribution is 9.10. The number of fused-ring (bicyclic) bond motifs is 1. The fraction of sp³-hybridized carbons (Fsp3) is 0.214. The van der Waals surface area contributed by atoms with Gasteiger partial charge in [-0.3, -0.25) is 0 Å². The maximum absolute atomic E-state index is 14.2. The maximum atomic E-state index is 14.2. The molecule has 1 saturated heterocycles. The van der Waals surface area contributed by atoms with E-state index in [1.807, 2.05) is 12.3 Å². The van der Waals surface area contributed by atoms with Crippen LogP contribution in [0.1, 0.15) is 6.04 Å². The van der Waals surface area contributed by atoms with E-state index in [1.54, 1.807) is 6.20 Å². The van der Waals surface area contributed by atoms with E-state index in [-0.39, 0.29) is 11.6 Å². The number of nitrogens with two attached hydrogens (primary N) is 1. The van der Waals surface area contributed by atoms with E-state index in [4.69, 9.17) is 5.73 Å². The van der Waals surface area contributed by atoms with Crippen molar-refractivity contribution in [2.24, 2.45) is 0 Å². The molecule has 22 heavy (non-hydrogen) atoms. The van der Waals surface area contributed by atoms with Crippen LogP contribution in [0.5, 0.6) is 0 Å². The lowest BCUT2D eigenvalue weighted by molar-refractivity contribution is 0.352. The van der Waals surface area contributed by atoms with Crippen LogP contribution in [0.15, 0.2) is 29.3 Å². The molecule has 6 nitrogen and oxygen atoms in total. The molecule has 1 fully saturated rings. The van der Waals surface area contributed by atoms with Crippen LogP contribution in [0, 0.1) is 5.82 Å². The van der Waals surface area contributed by atoms with Crippen LogP contribution in [0.4, 0.5) is 10.3 Å². The van der Waals surface area contributed by atoms with Crippen LogP contribution in [-0.2, 0) is 0 Å². The average molecular weight is 363 g/mol. The molecule has 3 aromatic heterocycles. The first-order valence-corrected chi connectivity index (χ1v) is 7.58. The molecule has 1 aliphatic heterocycles. The highest BCUT2D eigenvalue weighted by Crippen LogP contribution is 2.34. The number of halogens is 2. The van der Waals surface area contributed by atoms with Crippen molar-refractivity contribution in [3.63, 3.8) is 0 Å². The van der Waals surface area contributed by atoms with Crippen LogP contribution in [-0.4, -0.2) is 32.6 Å². The lowest BCUT2D eigenvalue weighted by Gasteiger charge is -2.29. The second-order valence-corrected chi connectivity index (χ2v) is 6.02. The SMILES string of the molecule is Nc1ncc(F)c(-c2cn(C3CNC3)c3cnc(Br)cc23)n1. The Balaban J connectivity index is 2.00. The Bertz CT molecular complexity index is 873. The number of hydrogen-bond donors (Lipinski definition) is 2. The van der Waals surface area contributed by atoms with Crippen molar-refractivity contribution in [1.29, 1.82) is 0 Å². The summed E-state index contributed by atoms with van der Waals surface area (Å²) in [4.78, 5) is 12.0. The van der Waals surface area contributed by atoms with Gasteiger partial charge < -0.3 is 15.6 Å². The summed E-state index contributed by atoms with van der Waals surface area (Å²) in [5.74, 6) is -0.441. The zero-order valence-corrected chi connectivity index (χ0v) is 13.0. The molecule has 3 aromatic rings. The second-order valence-electron chi connectivity index (χ2n) is 5.21. The Morgan fingerprint density at radius 3 is 2.86 bits per heavy atom. The van der Waals surface area contributed by atoms with Crippen molar-refractivity contribution in [3.05, 3.63) is 35.1 Å². The minimum Gasteiger partial charge on any atom is -0.368 e. The van der Waals surface area contributed by atoms with E-state index in [2.05, 4.69) is 40.8 Å². The third kappa shape index (κ3) is 2.06. The molecule has 0 spiro atoms. The van der Waals surface area contributed by atoms with E-state index in [0.29, 0.717) is 16.2 Å². The number of hydrogen-bond acceptors (Lipinski definition) is 5. The molecule has 0 bridgehead atoms. The summed E-state index contributed by atoms with van der Waals surface area (Å²) < 4.78 is 17.0. The summed E-state index contributed by atoms with van der Waals surface area (Å²) >= 11 is 3.37. The molecule has 4 heterocycles. The summed E-state index contributed by atoms with van der Waals surface area (Å²) in [5, 5.41) is 4.12. The monoisotopic (exact) mass is 362 g/mol. The summed E-state index contributed by atoms with van der Waals surface area (Å²) in [6.07, 6.45) is 4.79. The van der Waals surface area contributed by atoms with Gasteiger partial charge in [0.1, 0.15) is 10.3 Å². The minimum absolute atomic E-state index is 0.0516. The van der Waals surface area contributed by atoms with Gasteiger partial charge in [0.05, 0.1) is 24.0 Å². The van der Waals surface area contributed by atoms with E-state index in [9.17, 15) is 4.39 Å². The van der Waals surface area contributed by atoms with E-state index < -0.39 is 5.82 Å². The molecule has 1 aliphatic rings. The predicted octanol–water partition coefficient (Wildman–Crippen LogP) is 2.12. The fourth-order valence-corrected chi connectivity index (χ4v) is 2.98. The first kappa shape index (κ1) is 13.6. The summed E-state index contributed by atoms with van der Waals surface area (Å²) in [7, 11) is 0. The lowest BCUT2D eigenvalue weighted by atomic mass is 10.1. The Morgan fingerprint density at radius 1 is 1.32 bits per heavy atom. The Labute approximate surface area is 133 Å². The van der Waals surface area contributed by atoms with Crippen molar-refractivity contribution in [2.45, 2.75) is 6.04 Å². The third-order valence-electron chi connectivity index (χ3n) is 3.86. The quantitative estimate of drug-likeness (QED) is 0.682. The molecule has 4 rings (SSSR count). The van der Waals surface area contributed by atoms with Crippen LogP contribution in [0.25, 0.3) is 22.2 Å². The molecular weight excluding hydrogens is 351 g/mol. The number of anilines is 1. The van der Waals surface area contributed by atoms with Crippen molar-refractivity contribution < 1.29 is 4.39 Å². The van der Waals surface area contributed by atoms with Gasteiger partial charge >= 0.3 is 0 Å². The number of pyridine rings is 1. The summed E-state index contributed by atoms with van der Waals surface area (Å²) in [6.45, 7) is 1.77. The van der Waals surface area contributed by atoms with Gasteiger partial charge in [0.25, 0.3) is 0 Å². The van der Waals surface area contributed by atoms with Gasteiger partial charge in [0.15, 0.2) is 5.82 Å². The van der Waals surface area contributed by atoms with E-state index in [1.165, 1.54) is 0 Å². The van der Waals surface area contributed by atoms with Gasteiger partial charge in [-0.25, -0.2) is 19.3 Å². The van der Waals surface area contributed by atoms with Gasteiger partial charge in [-0.05, 0) is 22.0 Å². The van der Waals surface area contributed by atoms with E-state index >= 15 is 0 Å². The smallest absolute Gasteiger partial charge is 0.220 e. The van der Waals surface area contributed by atoms with Crippen molar-refractivity contribution in [1.82, 2.24) is 24.8 Å². The molecular formula is C14H12BrFN6. The van der Waals surface area contributed by atoms with Gasteiger partial charge in [-0.2, -0.15) is 0 Å². The van der Waals surface area contributed by atoms with Crippen LogP contribution in [0.3, 0.4) is 0 Å². The van der Waals surface area contributed by atoms with Gasteiger partial charge in [-0.1, -0.05) is 0 Å². The largest absolute Gasteiger partial charge is 0.368 e. The van der Waals surface area contributed by atoms with Crippen LogP contribution in [0.2, 0.25) is 0 Å². The Hall–Kier alpha value is -2.06. The van der Waals surface area contributed by atoms with Crippen molar-refractivity contribution in [2.75, 3.05) is 18.8 Å². The van der Waals surface area contributed by atoms with Crippen molar-refractivity contribution >= 4 is 32.8 Å². The summed E-state index contributed by atoms with van der Waals surface area (Å²) in [6, 6.07) is 2.20. The molecule has 0 atom stereocenters. The van der Waals surface area contributed by atoms with Crippen LogP contribution >= 0.6 is 15.9 Å². The zero-order chi connectivity index (χ0) is 15.3. The standard InChI is InChI=1S/C14H12BrFN6/c15-12-1-8-9(13-10(16)4-20-14(17)21-13)6-22(7-2-18-3-7)11(8)5-19-12/h1,4-7,18H,2-3H2,(H2,17,20,21). The lowest BCUT2D eigenvalue weighted by Crippen LogP contribution is -2.43. The molecule has 3 N–H and O–H groups in total. The Kier molecular flexibility index (Phi) is 3.08. The Morgan fingerprint density at radius 2 is 2.14 bits per heavy atom. The molecule has 0 aromatic carbocycles. The molecule has 112 valence electrons. The highest BCUT2D eigenvalue weighted by atomic mass is 79.9. The minimum atomic E-state index is -0.493. The fourth-order valence-electron chi connectivity index (χ4n) is 2.65. The number of rotatable bonds is 2. The first-order valence-electron chi connectivity index (χ1n) is 6.78. The summed E-state index contributed by atoms with van der Waals surface area (Å²) in [5.41, 5.74) is 7.46. The number of aromatic nitrogens is 4. The van der Waals surface area contributed by atoms with Crippen LogP contribution < -0.4 is 11.1 Å². The maximum Gasteiger partial charge on any atom is 0.220 e. The molecule has 0 amide bonds. The molecule has 0 aliphatic carbocycles. The molecule has 0 saturated carbocycles. The molecule has 8 heteroatoms. The normalized spacial score (nSPS) is 15.2. The second kappa shape index (κ2) is 4.99. The molecule has 0 unspecified atom stereocenters. The van der Waals surface area contributed by atoms with Crippen molar-refractivity contribution in [3.8, 4) is 11.3 Å². The topological polar surface area (TPSA) is 81.6 Å². The zero-order valence-electron chi connectivity index (χ0n) is 11.4. The van der Waals surface area contributed by atoms with Gasteiger partial charge in [0.2, 0.25) is 5.95 Å². The predicted molar refractivity (Wildman–Crippen MR) is 84.7 cm³/mol.